The molecular weight excluding hydrogens is 128 g/mol. The lowest BCUT2D eigenvalue weighted by molar-refractivity contribution is 0.234. The maximum atomic E-state index is 8.30. The Morgan fingerprint density at radius 2 is 2.10 bits per heavy atom. The smallest absolute Gasteiger partial charge is 0.149 e. The first-order valence-electron chi connectivity index (χ1n) is 2.79. The van der Waals surface area contributed by atoms with Crippen LogP contribution in [0, 0.1) is 11.5 Å². The molecule has 0 aliphatic carbocycles. The van der Waals surface area contributed by atoms with Crippen molar-refractivity contribution in [3.05, 3.63) is 35.9 Å². The number of rotatable bonds is 1. The van der Waals surface area contributed by atoms with Crippen molar-refractivity contribution in [3.8, 4) is 0 Å². The van der Waals surface area contributed by atoms with Crippen LogP contribution < -0.4 is 5.48 Å². The quantitative estimate of drug-likeness (QED) is 0.303. The van der Waals surface area contributed by atoms with Gasteiger partial charge in [0.15, 0.2) is 0 Å². The van der Waals surface area contributed by atoms with E-state index in [9.17, 15) is 0 Å². The van der Waals surface area contributed by atoms with Gasteiger partial charge in [-0.1, -0.05) is 24.3 Å². The molecule has 0 amide bonds. The molecule has 0 atom stereocenters. The zero-order chi connectivity index (χ0) is 7.40. The Kier molecular flexibility index (Phi) is 2.02. The van der Waals surface area contributed by atoms with Crippen molar-refractivity contribution in [2.75, 3.05) is 0 Å². The van der Waals surface area contributed by atoms with Crippen LogP contribution >= 0.6 is 0 Å². The summed E-state index contributed by atoms with van der Waals surface area (Å²) in [6.45, 7) is 0. The van der Waals surface area contributed by atoms with Crippen molar-refractivity contribution in [3.63, 3.8) is 0 Å². The number of benzene rings is 1. The van der Waals surface area contributed by atoms with Crippen LogP contribution in [0.3, 0.4) is 0 Å². The second kappa shape index (κ2) is 2.98. The first kappa shape index (κ1) is 6.77. The molecule has 0 saturated heterocycles. The van der Waals surface area contributed by atoms with E-state index in [4.69, 9.17) is 10.6 Å². The van der Waals surface area contributed by atoms with E-state index in [1.54, 1.807) is 29.7 Å². The van der Waals surface area contributed by atoms with Crippen LogP contribution in [-0.4, -0.2) is 11.0 Å². The third kappa shape index (κ3) is 1.33. The summed E-state index contributed by atoms with van der Waals surface area (Å²) in [5, 5.41) is 15.4. The summed E-state index contributed by atoms with van der Waals surface area (Å²) in [7, 11) is 0. The zero-order valence-corrected chi connectivity index (χ0v) is 5.26. The van der Waals surface area contributed by atoms with Crippen molar-refractivity contribution in [1.82, 2.24) is 5.48 Å². The van der Waals surface area contributed by atoms with Gasteiger partial charge < -0.3 is 0 Å². The highest BCUT2D eigenvalue weighted by atomic mass is 16.5. The van der Waals surface area contributed by atoms with Gasteiger partial charge in [0, 0.05) is 5.56 Å². The van der Waals surface area contributed by atoms with Gasteiger partial charge in [-0.25, -0.2) is 0 Å². The summed E-state index contributed by atoms with van der Waals surface area (Å²) >= 11 is 0. The van der Waals surface area contributed by atoms with E-state index in [-0.39, 0.29) is 5.84 Å². The zero-order valence-electron chi connectivity index (χ0n) is 5.26. The summed E-state index contributed by atoms with van der Waals surface area (Å²) < 4.78 is 0. The maximum Gasteiger partial charge on any atom is 0.149 e. The summed E-state index contributed by atoms with van der Waals surface area (Å²) in [6, 6.07) is 9.54. The molecule has 1 aromatic rings. The van der Waals surface area contributed by atoms with Gasteiger partial charge >= 0.3 is 0 Å². The van der Waals surface area contributed by atoms with Gasteiger partial charge in [0.05, 0.1) is 0 Å². The van der Waals surface area contributed by atoms with Crippen LogP contribution in [0.25, 0.3) is 0 Å². The van der Waals surface area contributed by atoms with Crippen LogP contribution in [0.5, 0.6) is 0 Å². The van der Waals surface area contributed by atoms with Crippen LogP contribution in [-0.2, 0) is 0 Å². The Morgan fingerprint density at radius 1 is 1.50 bits per heavy atom. The fourth-order valence-electron chi connectivity index (χ4n) is 0.618. The molecule has 3 nitrogen and oxygen atoms in total. The number of hydroxylamine groups is 1. The molecule has 0 bridgehead atoms. The van der Waals surface area contributed by atoms with Crippen LogP contribution in [0.2, 0.25) is 0 Å². The molecule has 0 fully saturated rings. The molecule has 1 radical (unpaired) electrons. The molecule has 10 heavy (non-hydrogen) atoms. The molecule has 0 aliphatic rings. The molecule has 3 N–H and O–H groups in total. The second-order valence-electron chi connectivity index (χ2n) is 1.78. The molecule has 51 valence electrons. The SMILES string of the molecule is N=C(NO)c1cc[c]cc1. The van der Waals surface area contributed by atoms with Gasteiger partial charge in [-0.2, -0.15) is 0 Å². The van der Waals surface area contributed by atoms with E-state index >= 15 is 0 Å². The number of nitrogens with one attached hydrogen (secondary N) is 2. The molecule has 1 aromatic carbocycles. The summed E-state index contributed by atoms with van der Waals surface area (Å²) in [4.78, 5) is 0. The van der Waals surface area contributed by atoms with Crippen molar-refractivity contribution in [2.24, 2.45) is 0 Å². The third-order valence-corrected chi connectivity index (χ3v) is 1.12. The van der Waals surface area contributed by atoms with Gasteiger partial charge in [0.1, 0.15) is 5.84 Å². The number of hydrogen-bond acceptors (Lipinski definition) is 2. The highest BCUT2D eigenvalue weighted by Crippen LogP contribution is 1.95. The monoisotopic (exact) mass is 135 g/mol. The van der Waals surface area contributed by atoms with E-state index in [0.717, 1.165) is 0 Å². The van der Waals surface area contributed by atoms with Gasteiger partial charge in [-0.05, 0) is 6.07 Å². The predicted octanol–water partition coefficient (Wildman–Crippen LogP) is 0.791. The minimum absolute atomic E-state index is 0.00556. The Bertz CT molecular complexity index is 220. The molecule has 0 saturated carbocycles. The number of amidine groups is 1. The van der Waals surface area contributed by atoms with E-state index in [1.807, 2.05) is 0 Å². The standard InChI is InChI=1S/C7H7N2O/c8-7(9-10)6-4-2-1-3-5-6/h2-5,10H,(H2,8,9). The first-order valence-corrected chi connectivity index (χ1v) is 2.79. The van der Waals surface area contributed by atoms with Gasteiger partial charge in [-0.15, -0.1) is 0 Å². The molecule has 0 unspecified atom stereocenters. The maximum absolute atomic E-state index is 8.30. The fraction of sp³-hybridized carbons (Fsp3) is 0. The average Bonchev–Trinajstić information content (AvgIpc) is 2.05. The highest BCUT2D eigenvalue weighted by molar-refractivity contribution is 5.95. The van der Waals surface area contributed by atoms with E-state index < -0.39 is 0 Å². The van der Waals surface area contributed by atoms with Crippen LogP contribution in [0.4, 0.5) is 0 Å². The molecular formula is C7H7N2O. The molecule has 0 heterocycles. The Hall–Kier alpha value is -1.35. The van der Waals surface area contributed by atoms with Crippen molar-refractivity contribution >= 4 is 5.84 Å². The Morgan fingerprint density at radius 3 is 2.60 bits per heavy atom. The molecule has 0 aromatic heterocycles. The lowest BCUT2D eigenvalue weighted by atomic mass is 10.2. The highest BCUT2D eigenvalue weighted by Gasteiger charge is 1.94. The van der Waals surface area contributed by atoms with Crippen molar-refractivity contribution < 1.29 is 5.21 Å². The first-order chi connectivity index (χ1) is 4.84. The summed E-state index contributed by atoms with van der Waals surface area (Å²) in [6.07, 6.45) is 0. The number of hydrogen-bond donors (Lipinski definition) is 3. The Balaban J connectivity index is 2.85. The van der Waals surface area contributed by atoms with E-state index in [0.29, 0.717) is 5.56 Å². The predicted molar refractivity (Wildman–Crippen MR) is 37.0 cm³/mol. The normalized spacial score (nSPS) is 8.90. The Labute approximate surface area is 58.8 Å². The van der Waals surface area contributed by atoms with Gasteiger partial charge in [0.25, 0.3) is 0 Å². The fourth-order valence-corrected chi connectivity index (χ4v) is 0.618. The minimum atomic E-state index is -0.00556. The van der Waals surface area contributed by atoms with Gasteiger partial charge in [-0.3, -0.25) is 16.1 Å². The van der Waals surface area contributed by atoms with Crippen LogP contribution in [0.1, 0.15) is 5.56 Å². The van der Waals surface area contributed by atoms with Crippen molar-refractivity contribution in [2.45, 2.75) is 0 Å². The van der Waals surface area contributed by atoms with E-state index in [1.165, 1.54) is 0 Å². The topological polar surface area (TPSA) is 56.1 Å². The lowest BCUT2D eigenvalue weighted by Crippen LogP contribution is -2.18. The second-order valence-corrected chi connectivity index (χ2v) is 1.78. The average molecular weight is 135 g/mol. The summed E-state index contributed by atoms with van der Waals surface area (Å²) in [5.41, 5.74) is 2.39. The van der Waals surface area contributed by atoms with E-state index in [2.05, 4.69) is 6.07 Å². The molecule has 3 heteroatoms. The van der Waals surface area contributed by atoms with Gasteiger partial charge in [0.2, 0.25) is 0 Å². The van der Waals surface area contributed by atoms with Crippen LogP contribution in [0.15, 0.2) is 24.3 Å². The largest absolute Gasteiger partial charge is 0.290 e. The third-order valence-electron chi connectivity index (χ3n) is 1.12. The lowest BCUT2D eigenvalue weighted by Gasteiger charge is -1.98. The molecule has 0 spiro atoms. The summed E-state index contributed by atoms with van der Waals surface area (Å²) in [5.74, 6) is -0.00556. The molecule has 0 aliphatic heterocycles. The van der Waals surface area contributed by atoms with Crippen molar-refractivity contribution in [1.29, 1.82) is 5.41 Å². The molecule has 1 rings (SSSR count). The minimum Gasteiger partial charge on any atom is -0.290 e.